The topological polar surface area (TPSA) is 45.2 Å². The van der Waals surface area contributed by atoms with Crippen LogP contribution in [0.1, 0.15) is 27.2 Å². The number of hydrogen-bond donors (Lipinski definition) is 1. The van der Waals surface area contributed by atoms with Crippen LogP contribution in [-0.4, -0.2) is 68.2 Å². The molecule has 1 saturated heterocycles. The van der Waals surface area contributed by atoms with Crippen LogP contribution in [0, 0.1) is 0 Å². The Labute approximate surface area is 170 Å². The number of piperazine rings is 1. The number of anilines is 1. The number of aliphatic hydroxyl groups is 1. The van der Waals surface area contributed by atoms with Crippen LogP contribution in [-0.2, 0) is 4.74 Å². The van der Waals surface area contributed by atoms with E-state index in [1.807, 2.05) is 12.1 Å². The Morgan fingerprint density at radius 2 is 1.65 bits per heavy atom. The summed E-state index contributed by atoms with van der Waals surface area (Å²) in [6.45, 7) is 11.2. The van der Waals surface area contributed by atoms with Gasteiger partial charge in [0.2, 0.25) is 0 Å². The summed E-state index contributed by atoms with van der Waals surface area (Å²) in [5.41, 5.74) is 1.07. The van der Waals surface area contributed by atoms with Gasteiger partial charge in [-0.2, -0.15) is 0 Å². The second-order valence-corrected chi connectivity index (χ2v) is 7.06. The molecule has 0 bridgehead atoms. The van der Waals surface area contributed by atoms with Crippen molar-refractivity contribution in [3.63, 3.8) is 0 Å². The third kappa shape index (κ3) is 7.89. The van der Waals surface area contributed by atoms with E-state index in [0.29, 0.717) is 13.2 Å². The Morgan fingerprint density at radius 3 is 2.15 bits per heavy atom. The zero-order chi connectivity index (χ0) is 17.6. The van der Waals surface area contributed by atoms with Crippen molar-refractivity contribution in [1.29, 1.82) is 0 Å². The normalized spacial score (nSPS) is 16.4. The van der Waals surface area contributed by atoms with Gasteiger partial charge in [0, 0.05) is 38.4 Å². The summed E-state index contributed by atoms with van der Waals surface area (Å²) in [5, 5.41) is 10.2. The van der Waals surface area contributed by atoms with E-state index in [0.717, 1.165) is 38.3 Å². The van der Waals surface area contributed by atoms with Crippen LogP contribution in [0.25, 0.3) is 0 Å². The molecule has 7 heteroatoms. The highest BCUT2D eigenvalue weighted by atomic mass is 35.5. The lowest BCUT2D eigenvalue weighted by atomic mass is 10.1. The highest BCUT2D eigenvalue weighted by molar-refractivity contribution is 5.85. The van der Waals surface area contributed by atoms with Crippen molar-refractivity contribution >= 4 is 30.5 Å². The summed E-state index contributed by atoms with van der Waals surface area (Å²) in [7, 11) is 1.68. The summed E-state index contributed by atoms with van der Waals surface area (Å²) in [6, 6.07) is 8.20. The fourth-order valence-corrected chi connectivity index (χ4v) is 2.76. The molecule has 0 saturated carbocycles. The van der Waals surface area contributed by atoms with Crippen LogP contribution >= 0.6 is 24.8 Å². The highest BCUT2D eigenvalue weighted by Crippen LogP contribution is 2.20. The molecule has 1 atom stereocenters. The van der Waals surface area contributed by atoms with Crippen molar-refractivity contribution in [3.05, 3.63) is 24.3 Å². The molecule has 0 radical (unpaired) electrons. The second kappa shape index (κ2) is 11.9. The summed E-state index contributed by atoms with van der Waals surface area (Å²) in [4.78, 5) is 4.69. The molecule has 0 aromatic heterocycles. The average molecular weight is 409 g/mol. The number of methoxy groups -OCH3 is 1. The Hall–Kier alpha value is -0.720. The number of aliphatic hydroxyl groups excluding tert-OH is 1. The molecule has 0 amide bonds. The number of halogens is 2. The Balaban J connectivity index is 0.00000312. The zero-order valence-corrected chi connectivity index (χ0v) is 17.9. The number of hydrogen-bond acceptors (Lipinski definition) is 5. The van der Waals surface area contributed by atoms with Gasteiger partial charge < -0.3 is 19.5 Å². The Kier molecular flexibility index (Phi) is 11.6. The molecule has 152 valence electrons. The van der Waals surface area contributed by atoms with E-state index >= 15 is 0 Å². The van der Waals surface area contributed by atoms with Crippen molar-refractivity contribution in [2.24, 2.45) is 0 Å². The molecule has 1 aliphatic heterocycles. The van der Waals surface area contributed by atoms with Crippen LogP contribution in [0.3, 0.4) is 0 Å². The van der Waals surface area contributed by atoms with E-state index in [1.54, 1.807) is 7.11 Å². The molecule has 1 unspecified atom stereocenters. The van der Waals surface area contributed by atoms with Crippen molar-refractivity contribution in [2.45, 2.75) is 38.9 Å². The minimum atomic E-state index is -0.427. The van der Waals surface area contributed by atoms with Gasteiger partial charge in [-0.05, 0) is 44.5 Å². The SMILES string of the molecule is CCC(C)(C)OCC(O)CN1CCN(c2ccc(OC)cc2)CC1.Cl.Cl. The van der Waals surface area contributed by atoms with Crippen molar-refractivity contribution in [1.82, 2.24) is 4.90 Å². The number of ether oxygens (including phenoxy) is 2. The Morgan fingerprint density at radius 1 is 1.08 bits per heavy atom. The third-order valence-corrected chi connectivity index (χ3v) is 4.80. The van der Waals surface area contributed by atoms with Gasteiger partial charge in [0.25, 0.3) is 0 Å². The molecule has 1 heterocycles. The van der Waals surface area contributed by atoms with E-state index in [2.05, 4.69) is 42.7 Å². The van der Waals surface area contributed by atoms with Gasteiger partial charge in [-0.25, -0.2) is 0 Å². The number of benzene rings is 1. The highest BCUT2D eigenvalue weighted by Gasteiger charge is 2.22. The maximum atomic E-state index is 10.2. The standard InChI is InChI=1S/C19H32N2O3.2ClH/c1-5-19(2,3)24-15-17(22)14-20-10-12-21(13-11-20)16-6-8-18(23-4)9-7-16;;/h6-9,17,22H,5,10-15H2,1-4H3;2*1H. The molecule has 1 aromatic carbocycles. The molecule has 1 aromatic rings. The molecular formula is C19H34Cl2N2O3. The second-order valence-electron chi connectivity index (χ2n) is 7.06. The molecule has 1 aliphatic rings. The molecule has 1 fully saturated rings. The third-order valence-electron chi connectivity index (χ3n) is 4.80. The molecule has 0 aliphatic carbocycles. The van der Waals surface area contributed by atoms with Gasteiger partial charge >= 0.3 is 0 Å². The first-order valence-corrected chi connectivity index (χ1v) is 8.87. The van der Waals surface area contributed by atoms with Gasteiger partial charge in [-0.3, -0.25) is 4.90 Å². The van der Waals surface area contributed by atoms with Gasteiger partial charge in [0.05, 0.1) is 25.4 Å². The summed E-state index contributed by atoms with van der Waals surface area (Å²) < 4.78 is 11.0. The number of rotatable bonds is 8. The molecule has 5 nitrogen and oxygen atoms in total. The minimum absolute atomic E-state index is 0. The van der Waals surface area contributed by atoms with Crippen molar-refractivity contribution in [2.75, 3.05) is 51.3 Å². The van der Waals surface area contributed by atoms with Gasteiger partial charge in [0.1, 0.15) is 5.75 Å². The largest absolute Gasteiger partial charge is 0.497 e. The van der Waals surface area contributed by atoms with E-state index in [1.165, 1.54) is 5.69 Å². The van der Waals surface area contributed by atoms with Crippen LogP contribution in [0.2, 0.25) is 0 Å². The molecule has 1 N–H and O–H groups in total. The number of nitrogens with zero attached hydrogens (tertiary/aromatic N) is 2. The van der Waals surface area contributed by atoms with Crippen molar-refractivity contribution in [3.8, 4) is 5.75 Å². The Bertz CT molecular complexity index is 492. The zero-order valence-electron chi connectivity index (χ0n) is 16.3. The van der Waals surface area contributed by atoms with E-state index in [4.69, 9.17) is 9.47 Å². The maximum Gasteiger partial charge on any atom is 0.119 e. The lowest BCUT2D eigenvalue weighted by molar-refractivity contribution is -0.0674. The molecule has 26 heavy (non-hydrogen) atoms. The summed E-state index contributed by atoms with van der Waals surface area (Å²) >= 11 is 0. The molecular weight excluding hydrogens is 375 g/mol. The smallest absolute Gasteiger partial charge is 0.119 e. The van der Waals surface area contributed by atoms with E-state index in [-0.39, 0.29) is 30.4 Å². The van der Waals surface area contributed by atoms with Gasteiger partial charge in [0.15, 0.2) is 0 Å². The summed E-state index contributed by atoms with van der Waals surface area (Å²) in [5.74, 6) is 0.885. The lowest BCUT2D eigenvalue weighted by Gasteiger charge is -2.37. The van der Waals surface area contributed by atoms with Crippen molar-refractivity contribution < 1.29 is 14.6 Å². The predicted octanol–water partition coefficient (Wildman–Crippen LogP) is 3.23. The van der Waals surface area contributed by atoms with E-state index < -0.39 is 6.10 Å². The molecule has 2 rings (SSSR count). The lowest BCUT2D eigenvalue weighted by Crippen LogP contribution is -2.49. The first kappa shape index (κ1) is 25.3. The summed E-state index contributed by atoms with van der Waals surface area (Å²) in [6.07, 6.45) is 0.517. The van der Waals surface area contributed by atoms with Crippen LogP contribution in [0.4, 0.5) is 5.69 Å². The minimum Gasteiger partial charge on any atom is -0.497 e. The first-order chi connectivity index (χ1) is 11.4. The quantitative estimate of drug-likeness (QED) is 0.715. The predicted molar refractivity (Wildman–Crippen MR) is 112 cm³/mol. The maximum absolute atomic E-state index is 10.2. The average Bonchev–Trinajstić information content (AvgIpc) is 2.61. The fraction of sp³-hybridized carbons (Fsp3) is 0.684. The van der Waals surface area contributed by atoms with Crippen LogP contribution in [0.15, 0.2) is 24.3 Å². The van der Waals surface area contributed by atoms with Gasteiger partial charge in [-0.15, -0.1) is 24.8 Å². The van der Waals surface area contributed by atoms with E-state index in [9.17, 15) is 5.11 Å². The van der Waals surface area contributed by atoms with Crippen LogP contribution < -0.4 is 9.64 Å². The monoisotopic (exact) mass is 408 g/mol. The fourth-order valence-electron chi connectivity index (χ4n) is 2.76. The van der Waals surface area contributed by atoms with Crippen LogP contribution in [0.5, 0.6) is 5.75 Å². The molecule has 0 spiro atoms. The first-order valence-electron chi connectivity index (χ1n) is 8.87. The van der Waals surface area contributed by atoms with Gasteiger partial charge in [-0.1, -0.05) is 6.92 Å². The number of β-amino-alcohol motifs (C(OH)–C–C–N with tert-alkyl or cyclic N) is 1.